The molecule has 19 heavy (non-hydrogen) atoms. The molecule has 1 aliphatic rings. The summed E-state index contributed by atoms with van der Waals surface area (Å²) in [5.74, 6) is 0.897. The van der Waals surface area contributed by atoms with E-state index in [1.807, 2.05) is 30.3 Å². The van der Waals surface area contributed by atoms with E-state index < -0.39 is 0 Å². The van der Waals surface area contributed by atoms with Crippen LogP contribution in [0.4, 0.5) is 0 Å². The standard InChI is InChI=1S/C15H23NO3/c1-15(2)12-16(10-14(11-17)19-15)8-9-18-13-6-4-3-5-7-13/h3-7,14,17H,8-12H2,1-2H3. The third-order valence-electron chi connectivity index (χ3n) is 3.18. The van der Waals surface area contributed by atoms with Crippen molar-refractivity contribution in [2.45, 2.75) is 25.6 Å². The lowest BCUT2D eigenvalue weighted by Crippen LogP contribution is -2.54. The summed E-state index contributed by atoms with van der Waals surface area (Å²) in [5, 5.41) is 9.26. The average molecular weight is 265 g/mol. The van der Waals surface area contributed by atoms with Crippen LogP contribution >= 0.6 is 0 Å². The number of aliphatic hydroxyl groups excluding tert-OH is 1. The van der Waals surface area contributed by atoms with Crippen molar-refractivity contribution in [2.75, 3.05) is 32.8 Å². The van der Waals surface area contributed by atoms with Crippen LogP contribution in [0.15, 0.2) is 30.3 Å². The van der Waals surface area contributed by atoms with Gasteiger partial charge in [0.05, 0.1) is 18.3 Å². The minimum atomic E-state index is -0.210. The molecule has 1 aromatic rings. The molecule has 106 valence electrons. The summed E-state index contributed by atoms with van der Waals surface area (Å²) in [4.78, 5) is 2.29. The van der Waals surface area contributed by atoms with Gasteiger partial charge in [0.15, 0.2) is 0 Å². The molecule has 0 bridgehead atoms. The van der Waals surface area contributed by atoms with E-state index in [9.17, 15) is 5.11 Å². The number of morpholine rings is 1. The number of hydrogen-bond donors (Lipinski definition) is 1. The second-order valence-corrected chi connectivity index (χ2v) is 5.58. The van der Waals surface area contributed by atoms with E-state index in [1.165, 1.54) is 0 Å². The largest absolute Gasteiger partial charge is 0.492 e. The van der Waals surface area contributed by atoms with Crippen LogP contribution in [0.25, 0.3) is 0 Å². The van der Waals surface area contributed by atoms with Gasteiger partial charge in [0, 0.05) is 19.6 Å². The summed E-state index contributed by atoms with van der Waals surface area (Å²) in [6, 6.07) is 9.83. The number of rotatable bonds is 5. The predicted molar refractivity (Wildman–Crippen MR) is 74.4 cm³/mol. The monoisotopic (exact) mass is 265 g/mol. The van der Waals surface area contributed by atoms with E-state index in [4.69, 9.17) is 9.47 Å². The number of para-hydroxylation sites is 1. The van der Waals surface area contributed by atoms with E-state index in [0.717, 1.165) is 25.4 Å². The molecular weight excluding hydrogens is 242 g/mol. The molecule has 1 unspecified atom stereocenters. The van der Waals surface area contributed by atoms with Gasteiger partial charge in [-0.3, -0.25) is 4.90 Å². The molecule has 1 saturated heterocycles. The molecule has 1 aromatic carbocycles. The van der Waals surface area contributed by atoms with Crippen LogP contribution in [0.2, 0.25) is 0 Å². The minimum absolute atomic E-state index is 0.0689. The number of hydrogen-bond acceptors (Lipinski definition) is 4. The Morgan fingerprint density at radius 2 is 2.11 bits per heavy atom. The Hall–Kier alpha value is -1.10. The van der Waals surface area contributed by atoms with Gasteiger partial charge >= 0.3 is 0 Å². The first kappa shape index (κ1) is 14.3. The molecule has 1 atom stereocenters. The van der Waals surface area contributed by atoms with Crippen LogP contribution in [0.1, 0.15) is 13.8 Å². The fourth-order valence-corrected chi connectivity index (χ4v) is 2.49. The van der Waals surface area contributed by atoms with Gasteiger partial charge in [-0.25, -0.2) is 0 Å². The Balaban J connectivity index is 1.79. The molecule has 2 rings (SSSR count). The van der Waals surface area contributed by atoms with Crippen molar-refractivity contribution in [3.63, 3.8) is 0 Å². The molecule has 4 nitrogen and oxygen atoms in total. The third kappa shape index (κ3) is 4.49. The highest BCUT2D eigenvalue weighted by atomic mass is 16.5. The molecule has 0 radical (unpaired) electrons. The number of benzene rings is 1. The highest BCUT2D eigenvalue weighted by Crippen LogP contribution is 2.20. The Bertz CT molecular complexity index is 380. The molecule has 1 aliphatic heterocycles. The van der Waals surface area contributed by atoms with Crippen LogP contribution in [0, 0.1) is 0 Å². The number of aliphatic hydroxyl groups is 1. The molecule has 0 amide bonds. The van der Waals surface area contributed by atoms with Gasteiger partial charge in [-0.1, -0.05) is 18.2 Å². The van der Waals surface area contributed by atoms with E-state index in [2.05, 4.69) is 18.7 Å². The lowest BCUT2D eigenvalue weighted by atomic mass is 10.1. The van der Waals surface area contributed by atoms with Crippen molar-refractivity contribution >= 4 is 0 Å². The quantitative estimate of drug-likeness (QED) is 0.877. The SMILES string of the molecule is CC1(C)CN(CCOc2ccccc2)CC(CO)O1. The molecule has 1 heterocycles. The van der Waals surface area contributed by atoms with Crippen LogP contribution in [0.5, 0.6) is 5.75 Å². The van der Waals surface area contributed by atoms with Crippen molar-refractivity contribution in [2.24, 2.45) is 0 Å². The van der Waals surface area contributed by atoms with Crippen LogP contribution in [-0.2, 0) is 4.74 Å². The highest BCUT2D eigenvalue weighted by Gasteiger charge is 2.32. The fraction of sp³-hybridized carbons (Fsp3) is 0.600. The lowest BCUT2D eigenvalue weighted by Gasteiger charge is -2.42. The summed E-state index contributed by atoms with van der Waals surface area (Å²) in [7, 11) is 0. The molecule has 0 saturated carbocycles. The third-order valence-corrected chi connectivity index (χ3v) is 3.18. The Morgan fingerprint density at radius 3 is 2.79 bits per heavy atom. The van der Waals surface area contributed by atoms with Gasteiger partial charge < -0.3 is 14.6 Å². The zero-order valence-corrected chi connectivity index (χ0v) is 11.7. The second-order valence-electron chi connectivity index (χ2n) is 5.58. The maximum absolute atomic E-state index is 9.26. The van der Waals surface area contributed by atoms with Crippen LogP contribution < -0.4 is 4.74 Å². The molecule has 4 heteroatoms. The maximum atomic E-state index is 9.26. The summed E-state index contributed by atoms with van der Waals surface area (Å²) in [6.45, 7) is 7.30. The van der Waals surface area contributed by atoms with Gasteiger partial charge in [0.2, 0.25) is 0 Å². The lowest BCUT2D eigenvalue weighted by molar-refractivity contribution is -0.149. The molecule has 0 aliphatic carbocycles. The Morgan fingerprint density at radius 1 is 1.37 bits per heavy atom. The van der Waals surface area contributed by atoms with Gasteiger partial charge in [0.1, 0.15) is 12.4 Å². The summed E-state index contributed by atoms with van der Waals surface area (Å²) < 4.78 is 11.5. The molecular formula is C15H23NO3. The van der Waals surface area contributed by atoms with Crippen molar-refractivity contribution in [1.29, 1.82) is 0 Å². The number of nitrogens with zero attached hydrogens (tertiary/aromatic N) is 1. The topological polar surface area (TPSA) is 41.9 Å². The van der Waals surface area contributed by atoms with Gasteiger partial charge in [-0.05, 0) is 26.0 Å². The van der Waals surface area contributed by atoms with Crippen molar-refractivity contribution in [3.05, 3.63) is 30.3 Å². The minimum Gasteiger partial charge on any atom is -0.492 e. The zero-order chi connectivity index (χ0) is 13.7. The summed E-state index contributed by atoms with van der Waals surface area (Å²) in [6.07, 6.45) is -0.0968. The molecule has 0 spiro atoms. The van der Waals surface area contributed by atoms with E-state index in [0.29, 0.717) is 6.61 Å². The predicted octanol–water partition coefficient (Wildman–Crippen LogP) is 1.54. The zero-order valence-electron chi connectivity index (χ0n) is 11.7. The Kier molecular flexibility index (Phi) is 4.80. The van der Waals surface area contributed by atoms with Gasteiger partial charge in [0.25, 0.3) is 0 Å². The van der Waals surface area contributed by atoms with Gasteiger partial charge in [-0.2, -0.15) is 0 Å². The highest BCUT2D eigenvalue weighted by molar-refractivity contribution is 5.20. The van der Waals surface area contributed by atoms with E-state index in [1.54, 1.807) is 0 Å². The summed E-state index contributed by atoms with van der Waals surface area (Å²) >= 11 is 0. The van der Waals surface area contributed by atoms with Crippen LogP contribution in [0.3, 0.4) is 0 Å². The van der Waals surface area contributed by atoms with Crippen LogP contribution in [-0.4, -0.2) is 54.6 Å². The smallest absolute Gasteiger partial charge is 0.119 e. The van der Waals surface area contributed by atoms with E-state index in [-0.39, 0.29) is 18.3 Å². The second kappa shape index (κ2) is 6.37. The first-order valence-electron chi connectivity index (χ1n) is 6.78. The fourth-order valence-electron chi connectivity index (χ4n) is 2.49. The average Bonchev–Trinajstić information content (AvgIpc) is 2.38. The molecule has 1 N–H and O–H groups in total. The maximum Gasteiger partial charge on any atom is 0.119 e. The van der Waals surface area contributed by atoms with Crippen molar-refractivity contribution < 1.29 is 14.6 Å². The normalized spacial score (nSPS) is 23.2. The summed E-state index contributed by atoms with van der Waals surface area (Å²) in [5.41, 5.74) is -0.210. The first-order chi connectivity index (χ1) is 9.09. The van der Waals surface area contributed by atoms with Gasteiger partial charge in [-0.15, -0.1) is 0 Å². The van der Waals surface area contributed by atoms with Crippen molar-refractivity contribution in [1.82, 2.24) is 4.90 Å². The number of ether oxygens (including phenoxy) is 2. The first-order valence-corrected chi connectivity index (χ1v) is 6.78. The molecule has 0 aromatic heterocycles. The Labute approximate surface area is 114 Å². The molecule has 1 fully saturated rings. The van der Waals surface area contributed by atoms with Crippen molar-refractivity contribution in [3.8, 4) is 5.75 Å². The van der Waals surface area contributed by atoms with E-state index >= 15 is 0 Å².